The van der Waals surface area contributed by atoms with Gasteiger partial charge >= 0.3 is 0 Å². The molecule has 1 aromatic carbocycles. The molecule has 0 amide bonds. The van der Waals surface area contributed by atoms with Crippen LogP contribution in [-0.4, -0.2) is 24.1 Å². The van der Waals surface area contributed by atoms with Gasteiger partial charge in [0.1, 0.15) is 5.75 Å². The summed E-state index contributed by atoms with van der Waals surface area (Å²) in [5.41, 5.74) is 6.51. The summed E-state index contributed by atoms with van der Waals surface area (Å²) in [4.78, 5) is 0.950. The number of hydrogen-bond acceptors (Lipinski definition) is 4. The third-order valence-electron chi connectivity index (χ3n) is 1.83. The van der Waals surface area contributed by atoms with Crippen LogP contribution in [0.2, 0.25) is 0 Å². The standard InChI is InChI=1S/C10H15NO2S/c1-7(6-12)14-9-5-3-4-8(13-2)10(9)11/h3-5,7,12H,6,11H2,1-2H3. The molecule has 1 aromatic rings. The fraction of sp³-hybridized carbons (Fsp3) is 0.400. The zero-order valence-electron chi connectivity index (χ0n) is 8.36. The molecular weight excluding hydrogens is 198 g/mol. The van der Waals surface area contributed by atoms with Crippen molar-refractivity contribution >= 4 is 17.4 Å². The van der Waals surface area contributed by atoms with Crippen LogP contribution < -0.4 is 10.5 Å². The Bertz CT molecular complexity index is 304. The minimum atomic E-state index is 0.140. The predicted molar refractivity (Wildman–Crippen MR) is 59.8 cm³/mol. The van der Waals surface area contributed by atoms with Gasteiger partial charge in [-0.05, 0) is 12.1 Å². The van der Waals surface area contributed by atoms with E-state index < -0.39 is 0 Å². The Balaban J connectivity index is 2.86. The van der Waals surface area contributed by atoms with E-state index in [4.69, 9.17) is 15.6 Å². The highest BCUT2D eigenvalue weighted by Gasteiger charge is 2.08. The van der Waals surface area contributed by atoms with Crippen molar-refractivity contribution in [3.05, 3.63) is 18.2 Å². The van der Waals surface area contributed by atoms with E-state index in [-0.39, 0.29) is 11.9 Å². The maximum Gasteiger partial charge on any atom is 0.142 e. The highest BCUT2D eigenvalue weighted by atomic mass is 32.2. The molecule has 1 unspecified atom stereocenters. The largest absolute Gasteiger partial charge is 0.495 e. The van der Waals surface area contributed by atoms with E-state index in [1.165, 1.54) is 0 Å². The highest BCUT2D eigenvalue weighted by Crippen LogP contribution is 2.34. The van der Waals surface area contributed by atoms with Crippen molar-refractivity contribution in [3.63, 3.8) is 0 Å². The number of rotatable bonds is 4. The number of aliphatic hydroxyl groups is 1. The molecular formula is C10H15NO2S. The van der Waals surface area contributed by atoms with Crippen molar-refractivity contribution in [1.82, 2.24) is 0 Å². The lowest BCUT2D eigenvalue weighted by atomic mass is 10.3. The summed E-state index contributed by atoms with van der Waals surface area (Å²) in [5, 5.41) is 9.06. The number of thioether (sulfide) groups is 1. The summed E-state index contributed by atoms with van der Waals surface area (Å²) < 4.78 is 5.10. The van der Waals surface area contributed by atoms with Gasteiger partial charge in [0, 0.05) is 10.1 Å². The lowest BCUT2D eigenvalue weighted by Crippen LogP contribution is -2.03. The summed E-state index contributed by atoms with van der Waals surface area (Å²) >= 11 is 1.54. The molecule has 0 saturated carbocycles. The molecule has 0 fully saturated rings. The average molecular weight is 213 g/mol. The fourth-order valence-corrected chi connectivity index (χ4v) is 1.95. The molecule has 78 valence electrons. The predicted octanol–water partition coefficient (Wildman–Crippen LogP) is 1.75. The number of anilines is 1. The monoisotopic (exact) mass is 213 g/mol. The molecule has 0 bridgehead atoms. The number of methoxy groups -OCH3 is 1. The van der Waals surface area contributed by atoms with Crippen LogP contribution in [-0.2, 0) is 0 Å². The van der Waals surface area contributed by atoms with Crippen LogP contribution in [0.1, 0.15) is 6.92 Å². The zero-order chi connectivity index (χ0) is 10.6. The van der Waals surface area contributed by atoms with Crippen LogP contribution in [0.25, 0.3) is 0 Å². The molecule has 3 nitrogen and oxygen atoms in total. The van der Waals surface area contributed by atoms with Gasteiger partial charge in [-0.15, -0.1) is 11.8 Å². The molecule has 1 atom stereocenters. The minimum Gasteiger partial charge on any atom is -0.495 e. The van der Waals surface area contributed by atoms with Gasteiger partial charge in [0.2, 0.25) is 0 Å². The van der Waals surface area contributed by atoms with Gasteiger partial charge in [0.25, 0.3) is 0 Å². The normalized spacial score (nSPS) is 12.5. The third-order valence-corrected chi connectivity index (χ3v) is 2.99. The molecule has 0 radical (unpaired) electrons. The van der Waals surface area contributed by atoms with Crippen molar-refractivity contribution in [3.8, 4) is 5.75 Å². The summed E-state index contributed by atoms with van der Waals surface area (Å²) in [6.07, 6.45) is 0. The quantitative estimate of drug-likeness (QED) is 0.591. The Morgan fingerprint density at radius 1 is 1.57 bits per heavy atom. The number of ether oxygens (including phenoxy) is 1. The van der Waals surface area contributed by atoms with Crippen molar-refractivity contribution in [2.45, 2.75) is 17.1 Å². The Morgan fingerprint density at radius 2 is 2.29 bits per heavy atom. The zero-order valence-corrected chi connectivity index (χ0v) is 9.17. The smallest absolute Gasteiger partial charge is 0.142 e. The topological polar surface area (TPSA) is 55.5 Å². The van der Waals surface area contributed by atoms with Gasteiger partial charge in [0.05, 0.1) is 19.4 Å². The van der Waals surface area contributed by atoms with E-state index >= 15 is 0 Å². The van der Waals surface area contributed by atoms with E-state index in [0.29, 0.717) is 11.4 Å². The highest BCUT2D eigenvalue weighted by molar-refractivity contribution is 8.00. The third kappa shape index (κ3) is 2.56. The molecule has 0 aliphatic carbocycles. The molecule has 0 saturated heterocycles. The summed E-state index contributed by atoms with van der Waals surface area (Å²) in [6.45, 7) is 2.09. The van der Waals surface area contributed by atoms with Gasteiger partial charge < -0.3 is 15.6 Å². The number of aliphatic hydroxyl groups excluding tert-OH is 1. The van der Waals surface area contributed by atoms with Crippen LogP contribution in [0.4, 0.5) is 5.69 Å². The van der Waals surface area contributed by atoms with E-state index in [0.717, 1.165) is 4.90 Å². The van der Waals surface area contributed by atoms with Gasteiger partial charge in [0.15, 0.2) is 0 Å². The van der Waals surface area contributed by atoms with Crippen LogP contribution in [0, 0.1) is 0 Å². The van der Waals surface area contributed by atoms with E-state index in [1.807, 2.05) is 25.1 Å². The maximum absolute atomic E-state index is 8.92. The van der Waals surface area contributed by atoms with E-state index in [2.05, 4.69) is 0 Å². The maximum atomic E-state index is 8.92. The van der Waals surface area contributed by atoms with Crippen LogP contribution >= 0.6 is 11.8 Å². The average Bonchev–Trinajstić information content (AvgIpc) is 2.21. The Kier molecular flexibility index (Phi) is 4.10. The lowest BCUT2D eigenvalue weighted by molar-refractivity contribution is 0.300. The van der Waals surface area contributed by atoms with Crippen molar-refractivity contribution in [1.29, 1.82) is 0 Å². The molecule has 0 aliphatic heterocycles. The number of para-hydroxylation sites is 1. The Hall–Kier alpha value is -0.870. The van der Waals surface area contributed by atoms with Gasteiger partial charge in [-0.1, -0.05) is 13.0 Å². The summed E-state index contributed by atoms with van der Waals surface area (Å²) in [5.74, 6) is 0.681. The van der Waals surface area contributed by atoms with Crippen LogP contribution in [0.5, 0.6) is 5.75 Å². The molecule has 1 rings (SSSR count). The molecule has 0 aromatic heterocycles. The first-order valence-corrected chi connectivity index (χ1v) is 5.27. The molecule has 0 heterocycles. The number of nitrogens with two attached hydrogens (primary N) is 1. The Labute approximate surface area is 88.3 Å². The molecule has 14 heavy (non-hydrogen) atoms. The molecule has 4 heteroatoms. The second kappa shape index (κ2) is 5.12. The summed E-state index contributed by atoms with van der Waals surface area (Å²) in [7, 11) is 1.59. The van der Waals surface area contributed by atoms with Crippen LogP contribution in [0.3, 0.4) is 0 Å². The Morgan fingerprint density at radius 3 is 2.86 bits per heavy atom. The van der Waals surface area contributed by atoms with Gasteiger partial charge in [-0.25, -0.2) is 0 Å². The number of hydrogen-bond donors (Lipinski definition) is 2. The first-order chi connectivity index (χ1) is 6.69. The minimum absolute atomic E-state index is 0.140. The molecule has 3 N–H and O–H groups in total. The van der Waals surface area contributed by atoms with E-state index in [1.54, 1.807) is 18.9 Å². The number of nitrogen functional groups attached to an aromatic ring is 1. The van der Waals surface area contributed by atoms with Gasteiger partial charge in [-0.3, -0.25) is 0 Å². The van der Waals surface area contributed by atoms with Gasteiger partial charge in [-0.2, -0.15) is 0 Å². The first-order valence-electron chi connectivity index (χ1n) is 4.39. The lowest BCUT2D eigenvalue weighted by Gasteiger charge is -2.12. The SMILES string of the molecule is COc1cccc(SC(C)CO)c1N. The van der Waals surface area contributed by atoms with Crippen molar-refractivity contribution in [2.24, 2.45) is 0 Å². The van der Waals surface area contributed by atoms with Crippen LogP contribution in [0.15, 0.2) is 23.1 Å². The fourth-order valence-electron chi connectivity index (χ4n) is 1.06. The first kappa shape index (κ1) is 11.2. The molecule has 0 spiro atoms. The number of benzene rings is 1. The second-order valence-electron chi connectivity index (χ2n) is 2.98. The molecule has 0 aliphatic rings. The van der Waals surface area contributed by atoms with E-state index in [9.17, 15) is 0 Å². The van der Waals surface area contributed by atoms with Crippen molar-refractivity contribution < 1.29 is 9.84 Å². The summed E-state index contributed by atoms with van der Waals surface area (Å²) in [6, 6.07) is 5.64. The van der Waals surface area contributed by atoms with Crippen molar-refractivity contribution in [2.75, 3.05) is 19.5 Å². The second-order valence-corrected chi connectivity index (χ2v) is 4.46.